The number of rotatable bonds is 6. The molecule has 4 nitrogen and oxygen atoms in total. The fourth-order valence-electron chi connectivity index (χ4n) is 2.05. The SMILES string of the molecule is C=C(C)C(=O)Oc1ccc(C(OC)C(=O)c2ccccc2)cc1. The van der Waals surface area contributed by atoms with E-state index in [4.69, 9.17) is 9.47 Å². The number of carbonyl (C=O) groups is 2. The number of ether oxygens (including phenoxy) is 2. The lowest BCUT2D eigenvalue weighted by Gasteiger charge is -2.15. The van der Waals surface area contributed by atoms with E-state index in [1.165, 1.54) is 7.11 Å². The Morgan fingerprint density at radius 3 is 2.13 bits per heavy atom. The van der Waals surface area contributed by atoms with Gasteiger partial charge in [-0.15, -0.1) is 0 Å². The monoisotopic (exact) mass is 310 g/mol. The van der Waals surface area contributed by atoms with Gasteiger partial charge in [-0.3, -0.25) is 4.79 Å². The highest BCUT2D eigenvalue weighted by atomic mass is 16.5. The lowest BCUT2D eigenvalue weighted by molar-refractivity contribution is -0.130. The van der Waals surface area contributed by atoms with Crippen LogP contribution in [0.3, 0.4) is 0 Å². The number of hydrogen-bond acceptors (Lipinski definition) is 4. The summed E-state index contributed by atoms with van der Waals surface area (Å²) in [5.41, 5.74) is 1.59. The second-order valence-corrected chi connectivity index (χ2v) is 5.08. The Hall–Kier alpha value is -2.72. The fraction of sp³-hybridized carbons (Fsp3) is 0.158. The van der Waals surface area contributed by atoms with Gasteiger partial charge >= 0.3 is 5.97 Å². The molecule has 1 unspecified atom stereocenters. The standard InChI is InChI=1S/C19H18O4/c1-13(2)19(21)23-16-11-9-15(10-12-16)18(22-3)17(20)14-7-5-4-6-8-14/h4-12,18H,1H2,2-3H3. The summed E-state index contributed by atoms with van der Waals surface area (Å²) in [6.07, 6.45) is -0.705. The van der Waals surface area contributed by atoms with Crippen molar-refractivity contribution in [2.75, 3.05) is 7.11 Å². The maximum Gasteiger partial charge on any atom is 0.338 e. The van der Waals surface area contributed by atoms with Gasteiger partial charge in [0.1, 0.15) is 11.9 Å². The molecule has 4 heteroatoms. The molecule has 0 saturated carbocycles. The second kappa shape index (κ2) is 7.51. The Balaban J connectivity index is 2.17. The molecule has 2 rings (SSSR count). The summed E-state index contributed by atoms with van der Waals surface area (Å²) < 4.78 is 10.5. The third kappa shape index (κ3) is 4.14. The van der Waals surface area contributed by atoms with Crippen LogP contribution in [-0.4, -0.2) is 18.9 Å². The Bertz CT molecular complexity index is 702. The van der Waals surface area contributed by atoms with Gasteiger partial charge in [-0.05, 0) is 24.6 Å². The van der Waals surface area contributed by atoms with Crippen LogP contribution >= 0.6 is 0 Å². The van der Waals surface area contributed by atoms with Crippen LogP contribution in [0.2, 0.25) is 0 Å². The first-order valence-corrected chi connectivity index (χ1v) is 7.12. The molecule has 118 valence electrons. The Morgan fingerprint density at radius 2 is 1.61 bits per heavy atom. The highest BCUT2D eigenvalue weighted by molar-refractivity contribution is 6.00. The van der Waals surface area contributed by atoms with Crippen molar-refractivity contribution >= 4 is 11.8 Å². The maximum absolute atomic E-state index is 12.5. The first-order valence-electron chi connectivity index (χ1n) is 7.12. The highest BCUT2D eigenvalue weighted by Gasteiger charge is 2.21. The van der Waals surface area contributed by atoms with Gasteiger partial charge in [0.15, 0.2) is 5.78 Å². The summed E-state index contributed by atoms with van der Waals surface area (Å²) in [6, 6.07) is 15.6. The van der Waals surface area contributed by atoms with Gasteiger partial charge in [-0.25, -0.2) is 4.79 Å². The number of methoxy groups -OCH3 is 1. The van der Waals surface area contributed by atoms with E-state index >= 15 is 0 Å². The van der Waals surface area contributed by atoms with E-state index in [1.54, 1.807) is 55.5 Å². The molecule has 0 N–H and O–H groups in total. The fourth-order valence-corrected chi connectivity index (χ4v) is 2.05. The van der Waals surface area contributed by atoms with E-state index < -0.39 is 12.1 Å². The zero-order valence-corrected chi connectivity index (χ0v) is 13.1. The van der Waals surface area contributed by atoms with Crippen LogP contribution in [0, 0.1) is 0 Å². The quantitative estimate of drug-likeness (QED) is 0.353. The van der Waals surface area contributed by atoms with E-state index in [-0.39, 0.29) is 5.78 Å². The number of Topliss-reactive ketones (excluding diaryl/α,β-unsaturated/α-hetero) is 1. The van der Waals surface area contributed by atoms with Gasteiger partial charge < -0.3 is 9.47 Å². The van der Waals surface area contributed by atoms with Gasteiger partial charge in [0.2, 0.25) is 0 Å². The number of ketones is 1. The first-order chi connectivity index (χ1) is 11.0. The van der Waals surface area contributed by atoms with E-state index in [9.17, 15) is 9.59 Å². The van der Waals surface area contributed by atoms with Gasteiger partial charge in [0.25, 0.3) is 0 Å². The van der Waals surface area contributed by atoms with Crippen LogP contribution in [0.5, 0.6) is 5.75 Å². The minimum atomic E-state index is -0.705. The third-order valence-electron chi connectivity index (χ3n) is 3.27. The summed E-state index contributed by atoms with van der Waals surface area (Å²) in [4.78, 5) is 24.0. The van der Waals surface area contributed by atoms with Crippen LogP contribution in [0.4, 0.5) is 0 Å². The van der Waals surface area contributed by atoms with Gasteiger partial charge in [0.05, 0.1) is 0 Å². The molecular weight excluding hydrogens is 292 g/mol. The van der Waals surface area contributed by atoms with Crippen molar-refractivity contribution in [1.29, 1.82) is 0 Å². The highest BCUT2D eigenvalue weighted by Crippen LogP contribution is 2.24. The van der Waals surface area contributed by atoms with Crippen molar-refractivity contribution in [3.63, 3.8) is 0 Å². The molecule has 1 atom stereocenters. The Kier molecular flexibility index (Phi) is 5.44. The zero-order chi connectivity index (χ0) is 16.8. The molecule has 0 saturated heterocycles. The van der Waals surface area contributed by atoms with Crippen molar-refractivity contribution < 1.29 is 19.1 Å². The number of hydrogen-bond donors (Lipinski definition) is 0. The largest absolute Gasteiger partial charge is 0.423 e. The molecule has 23 heavy (non-hydrogen) atoms. The van der Waals surface area contributed by atoms with Crippen molar-refractivity contribution in [3.8, 4) is 5.75 Å². The second-order valence-electron chi connectivity index (χ2n) is 5.08. The first kappa shape index (κ1) is 16.6. The molecule has 0 heterocycles. The van der Waals surface area contributed by atoms with E-state index in [2.05, 4.69) is 6.58 Å². The smallest absolute Gasteiger partial charge is 0.338 e. The number of esters is 1. The normalized spacial score (nSPS) is 11.6. The molecule has 0 aromatic heterocycles. The molecule has 0 spiro atoms. The molecule has 0 radical (unpaired) electrons. The molecule has 2 aromatic carbocycles. The van der Waals surface area contributed by atoms with Crippen molar-refractivity contribution in [2.24, 2.45) is 0 Å². The molecule has 0 amide bonds. The average Bonchev–Trinajstić information content (AvgIpc) is 2.57. The van der Waals surface area contributed by atoms with Crippen molar-refractivity contribution in [3.05, 3.63) is 77.9 Å². The van der Waals surface area contributed by atoms with Gasteiger partial charge in [-0.1, -0.05) is 49.0 Å². The molecule has 0 aliphatic carbocycles. The summed E-state index contributed by atoms with van der Waals surface area (Å²) in [5, 5.41) is 0. The van der Waals surface area contributed by atoms with Gasteiger partial charge in [0, 0.05) is 18.2 Å². The van der Waals surface area contributed by atoms with Gasteiger partial charge in [-0.2, -0.15) is 0 Å². The van der Waals surface area contributed by atoms with Crippen molar-refractivity contribution in [2.45, 2.75) is 13.0 Å². The molecule has 0 bridgehead atoms. The topological polar surface area (TPSA) is 52.6 Å². The summed E-state index contributed by atoms with van der Waals surface area (Å²) >= 11 is 0. The zero-order valence-electron chi connectivity index (χ0n) is 13.1. The summed E-state index contributed by atoms with van der Waals surface area (Å²) in [5.74, 6) is -0.218. The molecule has 0 aliphatic rings. The predicted molar refractivity (Wildman–Crippen MR) is 87.4 cm³/mol. The van der Waals surface area contributed by atoms with Crippen molar-refractivity contribution in [1.82, 2.24) is 0 Å². The average molecular weight is 310 g/mol. The molecular formula is C19H18O4. The van der Waals surface area contributed by atoms with E-state index in [1.807, 2.05) is 6.07 Å². The number of carbonyl (C=O) groups excluding carboxylic acids is 2. The predicted octanol–water partition coefficient (Wildman–Crippen LogP) is 3.74. The molecule has 2 aromatic rings. The Labute approximate surface area is 135 Å². The molecule has 0 aliphatic heterocycles. The Morgan fingerprint density at radius 1 is 1.00 bits per heavy atom. The van der Waals surface area contributed by atoms with Crippen LogP contribution < -0.4 is 4.74 Å². The van der Waals surface area contributed by atoms with Crippen LogP contribution in [0.25, 0.3) is 0 Å². The lowest BCUT2D eigenvalue weighted by atomic mass is 10.00. The summed E-state index contributed by atoms with van der Waals surface area (Å²) in [6.45, 7) is 5.11. The maximum atomic E-state index is 12.5. The van der Waals surface area contributed by atoms with Crippen LogP contribution in [0.15, 0.2) is 66.7 Å². The molecule has 0 fully saturated rings. The van der Waals surface area contributed by atoms with E-state index in [0.29, 0.717) is 22.4 Å². The van der Waals surface area contributed by atoms with E-state index in [0.717, 1.165) is 0 Å². The summed E-state index contributed by atoms with van der Waals surface area (Å²) in [7, 11) is 1.49. The minimum absolute atomic E-state index is 0.125. The lowest BCUT2D eigenvalue weighted by Crippen LogP contribution is -2.15. The minimum Gasteiger partial charge on any atom is -0.423 e. The van der Waals surface area contributed by atoms with Crippen LogP contribution in [-0.2, 0) is 9.53 Å². The third-order valence-corrected chi connectivity index (χ3v) is 3.27. The number of benzene rings is 2. The van der Waals surface area contributed by atoms with Crippen LogP contribution in [0.1, 0.15) is 28.9 Å².